The highest BCUT2D eigenvalue weighted by atomic mass is 35.5. The second-order valence-electron chi connectivity index (χ2n) is 6.49. The van der Waals surface area contributed by atoms with Crippen LogP contribution in [-0.2, 0) is 17.8 Å². The van der Waals surface area contributed by atoms with Gasteiger partial charge in [-0.3, -0.25) is 0 Å². The molecule has 5 nitrogen and oxygen atoms in total. The summed E-state index contributed by atoms with van der Waals surface area (Å²) in [5, 5.41) is 14.7. The van der Waals surface area contributed by atoms with Crippen LogP contribution in [0.15, 0.2) is 78.9 Å². The quantitative estimate of drug-likeness (QED) is 0.481. The van der Waals surface area contributed by atoms with Crippen LogP contribution in [0.1, 0.15) is 22.8 Å². The molecule has 1 atom stereocenters. The van der Waals surface area contributed by atoms with Crippen LogP contribution in [-0.4, -0.2) is 20.6 Å². The van der Waals surface area contributed by atoms with E-state index in [0.717, 1.165) is 33.7 Å². The molecule has 1 N–H and O–H groups in total. The molecule has 4 rings (SSSR count). The molecular weight excluding hydrogens is 372 g/mol. The normalized spacial score (nSPS) is 12.0. The van der Waals surface area contributed by atoms with E-state index in [2.05, 4.69) is 51.0 Å². The highest BCUT2D eigenvalue weighted by Gasteiger charge is 2.15. The number of hydrogen-bond donors (Lipinski definition) is 1. The van der Waals surface area contributed by atoms with E-state index in [4.69, 9.17) is 16.3 Å². The summed E-state index contributed by atoms with van der Waals surface area (Å²) in [6.45, 7) is 0.542. The molecule has 4 aromatic rings. The minimum atomic E-state index is -0.0967. The van der Waals surface area contributed by atoms with Gasteiger partial charge in [0.05, 0.1) is 12.7 Å². The van der Waals surface area contributed by atoms with Gasteiger partial charge in [0.25, 0.3) is 0 Å². The molecule has 0 fully saturated rings. The van der Waals surface area contributed by atoms with Gasteiger partial charge in [0.15, 0.2) is 5.82 Å². The van der Waals surface area contributed by atoms with Crippen LogP contribution in [0, 0.1) is 0 Å². The van der Waals surface area contributed by atoms with Crippen molar-refractivity contribution in [1.29, 1.82) is 0 Å². The summed E-state index contributed by atoms with van der Waals surface area (Å²) in [5.41, 5.74) is 4.29. The van der Waals surface area contributed by atoms with Crippen LogP contribution in [0.3, 0.4) is 0 Å². The fraction of sp³-hybridized carbons (Fsp3) is 0.136. The molecule has 0 saturated carbocycles. The number of aromatic amines is 1. The van der Waals surface area contributed by atoms with Gasteiger partial charge in [-0.15, -0.1) is 5.10 Å². The zero-order valence-electron chi connectivity index (χ0n) is 15.1. The lowest BCUT2D eigenvalue weighted by molar-refractivity contribution is 0.0399. The van der Waals surface area contributed by atoms with Crippen LogP contribution in [0.25, 0.3) is 11.4 Å². The summed E-state index contributed by atoms with van der Waals surface area (Å²) in [5.74, 6) is 0.642. The highest BCUT2D eigenvalue weighted by molar-refractivity contribution is 6.30. The number of aromatic nitrogens is 4. The van der Waals surface area contributed by atoms with Crippen molar-refractivity contribution >= 4 is 11.6 Å². The Bertz CT molecular complexity index is 1000. The van der Waals surface area contributed by atoms with Crippen molar-refractivity contribution < 1.29 is 4.74 Å². The first-order valence-corrected chi connectivity index (χ1v) is 9.40. The second kappa shape index (κ2) is 8.78. The van der Waals surface area contributed by atoms with Gasteiger partial charge in [0.1, 0.15) is 0 Å². The van der Waals surface area contributed by atoms with Crippen molar-refractivity contribution in [2.24, 2.45) is 0 Å². The fourth-order valence-electron chi connectivity index (χ4n) is 3.06. The lowest BCUT2D eigenvalue weighted by atomic mass is 10.00. The number of nitrogens with zero attached hydrogens (tertiary/aromatic N) is 3. The van der Waals surface area contributed by atoms with E-state index in [9.17, 15) is 0 Å². The van der Waals surface area contributed by atoms with E-state index in [1.165, 1.54) is 0 Å². The Morgan fingerprint density at radius 3 is 2.39 bits per heavy atom. The highest BCUT2D eigenvalue weighted by Crippen LogP contribution is 2.27. The van der Waals surface area contributed by atoms with E-state index >= 15 is 0 Å². The van der Waals surface area contributed by atoms with E-state index in [-0.39, 0.29) is 6.10 Å². The van der Waals surface area contributed by atoms with Crippen LogP contribution in [0.5, 0.6) is 0 Å². The lowest BCUT2D eigenvalue weighted by Gasteiger charge is -2.19. The third-order valence-electron chi connectivity index (χ3n) is 4.51. The fourth-order valence-corrected chi connectivity index (χ4v) is 3.27. The monoisotopic (exact) mass is 390 g/mol. The van der Waals surface area contributed by atoms with E-state index < -0.39 is 0 Å². The summed E-state index contributed by atoms with van der Waals surface area (Å²) < 4.78 is 6.30. The van der Waals surface area contributed by atoms with Crippen molar-refractivity contribution in [3.05, 3.63) is 101 Å². The SMILES string of the molecule is Clc1cccc(CC(OCc2ccccc2)c2ccc(-c3nnn[nH]3)cc2)c1. The first-order chi connectivity index (χ1) is 13.8. The number of rotatable bonds is 7. The number of ether oxygens (including phenoxy) is 1. The van der Waals surface area contributed by atoms with E-state index in [1.54, 1.807) is 0 Å². The van der Waals surface area contributed by atoms with Gasteiger partial charge >= 0.3 is 0 Å². The van der Waals surface area contributed by atoms with Gasteiger partial charge < -0.3 is 4.74 Å². The molecule has 0 radical (unpaired) electrons. The Balaban J connectivity index is 1.56. The Labute approximate surface area is 168 Å². The lowest BCUT2D eigenvalue weighted by Crippen LogP contribution is -2.08. The number of halogens is 1. The predicted molar refractivity (Wildman–Crippen MR) is 109 cm³/mol. The Kier molecular flexibility index (Phi) is 5.75. The average Bonchev–Trinajstić information content (AvgIpc) is 3.27. The largest absolute Gasteiger partial charge is 0.369 e. The molecule has 0 saturated heterocycles. The maximum atomic E-state index is 6.30. The zero-order valence-corrected chi connectivity index (χ0v) is 15.9. The van der Waals surface area contributed by atoms with Crippen molar-refractivity contribution in [3.8, 4) is 11.4 Å². The topological polar surface area (TPSA) is 63.7 Å². The molecule has 3 aromatic carbocycles. The molecule has 1 unspecified atom stereocenters. The van der Waals surface area contributed by atoms with Crippen molar-refractivity contribution in [2.45, 2.75) is 19.1 Å². The molecule has 6 heteroatoms. The Morgan fingerprint density at radius 1 is 0.893 bits per heavy atom. The maximum Gasteiger partial charge on any atom is 0.179 e. The summed E-state index contributed by atoms with van der Waals surface area (Å²) >= 11 is 6.16. The summed E-state index contributed by atoms with van der Waals surface area (Å²) in [6.07, 6.45) is 0.636. The number of nitrogens with one attached hydrogen (secondary N) is 1. The van der Waals surface area contributed by atoms with Gasteiger partial charge in [-0.1, -0.05) is 78.3 Å². The number of tetrazole rings is 1. The smallest absolute Gasteiger partial charge is 0.179 e. The molecule has 0 aliphatic rings. The number of H-pyrrole nitrogens is 1. The molecule has 0 bridgehead atoms. The molecule has 0 amide bonds. The van der Waals surface area contributed by atoms with Crippen LogP contribution in [0.4, 0.5) is 0 Å². The van der Waals surface area contributed by atoms with Crippen molar-refractivity contribution in [2.75, 3.05) is 0 Å². The molecule has 0 aliphatic carbocycles. The molecule has 140 valence electrons. The van der Waals surface area contributed by atoms with Crippen LogP contribution < -0.4 is 0 Å². The molecular formula is C22H19ClN4O. The zero-order chi connectivity index (χ0) is 19.2. The van der Waals surface area contributed by atoms with Gasteiger partial charge in [0, 0.05) is 17.0 Å². The Morgan fingerprint density at radius 2 is 1.68 bits per heavy atom. The van der Waals surface area contributed by atoms with E-state index in [0.29, 0.717) is 12.4 Å². The van der Waals surface area contributed by atoms with E-state index in [1.807, 2.05) is 48.5 Å². The third kappa shape index (κ3) is 4.63. The first-order valence-electron chi connectivity index (χ1n) is 9.02. The summed E-state index contributed by atoms with van der Waals surface area (Å²) in [7, 11) is 0. The van der Waals surface area contributed by atoms with Crippen LogP contribution in [0.2, 0.25) is 5.02 Å². The second-order valence-corrected chi connectivity index (χ2v) is 6.93. The molecule has 0 aliphatic heterocycles. The molecule has 0 spiro atoms. The van der Waals surface area contributed by atoms with Gasteiger partial charge in [-0.05, 0) is 39.2 Å². The summed E-state index contributed by atoms with van der Waals surface area (Å²) in [6, 6.07) is 26.2. The van der Waals surface area contributed by atoms with Crippen LogP contribution >= 0.6 is 11.6 Å². The average molecular weight is 391 g/mol. The maximum absolute atomic E-state index is 6.30. The number of hydrogen-bond acceptors (Lipinski definition) is 4. The standard InChI is InChI=1S/C22H19ClN4O/c23-20-8-4-7-17(13-20)14-21(28-15-16-5-2-1-3-6-16)18-9-11-19(12-10-18)22-24-26-27-25-22/h1-13,21H,14-15H2,(H,24,25,26,27). The minimum absolute atomic E-state index is 0.0967. The number of benzene rings is 3. The first kappa shape index (κ1) is 18.3. The van der Waals surface area contributed by atoms with Gasteiger partial charge in [0.2, 0.25) is 0 Å². The van der Waals surface area contributed by atoms with Crippen molar-refractivity contribution in [3.63, 3.8) is 0 Å². The van der Waals surface area contributed by atoms with Gasteiger partial charge in [-0.2, -0.15) is 0 Å². The predicted octanol–water partition coefficient (Wildman–Crippen LogP) is 5.02. The minimum Gasteiger partial charge on any atom is -0.369 e. The molecule has 1 heterocycles. The summed E-state index contributed by atoms with van der Waals surface area (Å²) in [4.78, 5) is 0. The Hall–Kier alpha value is -3.02. The molecule has 1 aromatic heterocycles. The third-order valence-corrected chi connectivity index (χ3v) is 4.74. The molecule has 28 heavy (non-hydrogen) atoms. The van der Waals surface area contributed by atoms with Crippen molar-refractivity contribution in [1.82, 2.24) is 20.6 Å². The van der Waals surface area contributed by atoms with Gasteiger partial charge in [-0.25, -0.2) is 5.10 Å².